The van der Waals surface area contributed by atoms with Crippen LogP contribution in [0.4, 0.5) is 0 Å². The van der Waals surface area contributed by atoms with Gasteiger partial charge in [0.2, 0.25) is 0 Å². The molecule has 1 aromatic rings. The Labute approximate surface area is 128 Å². The van der Waals surface area contributed by atoms with Crippen molar-refractivity contribution in [1.29, 1.82) is 0 Å². The zero-order valence-electron chi connectivity index (χ0n) is 13.6. The molecule has 0 aliphatic carbocycles. The van der Waals surface area contributed by atoms with Gasteiger partial charge < -0.3 is 19.5 Å². The number of ether oxygens (including phenoxy) is 3. The second kappa shape index (κ2) is 11.5. The summed E-state index contributed by atoms with van der Waals surface area (Å²) < 4.78 is 16.6. The van der Waals surface area contributed by atoms with Gasteiger partial charge in [-0.15, -0.1) is 0 Å². The van der Waals surface area contributed by atoms with E-state index in [0.29, 0.717) is 19.8 Å². The van der Waals surface area contributed by atoms with Gasteiger partial charge in [0.1, 0.15) is 5.75 Å². The molecule has 1 aromatic carbocycles. The summed E-state index contributed by atoms with van der Waals surface area (Å²) in [4.78, 5) is 0. The minimum atomic E-state index is -0.170. The molecular formula is C17H29NO3. The highest BCUT2D eigenvalue weighted by Crippen LogP contribution is 2.12. The second-order valence-electron chi connectivity index (χ2n) is 4.82. The zero-order valence-corrected chi connectivity index (χ0v) is 13.6. The van der Waals surface area contributed by atoms with Gasteiger partial charge in [0.25, 0.3) is 0 Å². The molecule has 0 spiro atoms. The van der Waals surface area contributed by atoms with Crippen molar-refractivity contribution in [3.8, 4) is 5.75 Å². The van der Waals surface area contributed by atoms with E-state index in [1.807, 2.05) is 26.0 Å². The van der Waals surface area contributed by atoms with Crippen molar-refractivity contribution in [2.45, 2.75) is 46.4 Å². The van der Waals surface area contributed by atoms with Gasteiger partial charge in [-0.25, -0.2) is 0 Å². The van der Waals surface area contributed by atoms with E-state index >= 15 is 0 Å². The molecule has 0 amide bonds. The molecule has 0 atom stereocenters. The largest absolute Gasteiger partial charge is 0.494 e. The maximum absolute atomic E-state index is 5.65. The van der Waals surface area contributed by atoms with E-state index in [-0.39, 0.29) is 6.29 Å². The number of hydrogen-bond acceptors (Lipinski definition) is 4. The van der Waals surface area contributed by atoms with Crippen LogP contribution in [0.1, 0.15) is 39.2 Å². The second-order valence-corrected chi connectivity index (χ2v) is 4.82. The van der Waals surface area contributed by atoms with E-state index in [1.165, 1.54) is 5.56 Å². The van der Waals surface area contributed by atoms with E-state index in [4.69, 9.17) is 14.2 Å². The molecular weight excluding hydrogens is 266 g/mol. The summed E-state index contributed by atoms with van der Waals surface area (Å²) >= 11 is 0. The highest BCUT2D eigenvalue weighted by molar-refractivity contribution is 5.27. The molecule has 0 saturated heterocycles. The molecule has 0 unspecified atom stereocenters. The van der Waals surface area contributed by atoms with Gasteiger partial charge in [0.05, 0.1) is 6.61 Å². The minimum absolute atomic E-state index is 0.170. The summed E-state index contributed by atoms with van der Waals surface area (Å²) in [6.07, 6.45) is 2.08. The number of nitrogens with one attached hydrogen (secondary N) is 1. The van der Waals surface area contributed by atoms with Gasteiger partial charge >= 0.3 is 0 Å². The first-order chi connectivity index (χ1) is 10.3. The Morgan fingerprint density at radius 3 is 2.24 bits per heavy atom. The fourth-order valence-corrected chi connectivity index (χ4v) is 1.91. The predicted molar refractivity (Wildman–Crippen MR) is 85.6 cm³/mol. The van der Waals surface area contributed by atoms with Gasteiger partial charge in [0.15, 0.2) is 6.29 Å². The predicted octanol–water partition coefficient (Wildman–Crippen LogP) is 3.35. The minimum Gasteiger partial charge on any atom is -0.494 e. The van der Waals surface area contributed by atoms with Gasteiger partial charge in [-0.2, -0.15) is 0 Å². The monoisotopic (exact) mass is 295 g/mol. The molecule has 4 heteroatoms. The molecule has 0 aliphatic heterocycles. The van der Waals surface area contributed by atoms with Crippen LogP contribution in [0.5, 0.6) is 5.75 Å². The smallest absolute Gasteiger partial charge is 0.169 e. The summed E-state index contributed by atoms with van der Waals surface area (Å²) in [6, 6.07) is 8.22. The third kappa shape index (κ3) is 8.05. The fourth-order valence-electron chi connectivity index (χ4n) is 1.91. The molecule has 0 aromatic heterocycles. The molecule has 1 rings (SSSR count). The highest BCUT2D eigenvalue weighted by atomic mass is 16.7. The maximum Gasteiger partial charge on any atom is 0.169 e. The van der Waals surface area contributed by atoms with Crippen LogP contribution in [0.15, 0.2) is 24.3 Å². The normalized spacial score (nSPS) is 11.0. The lowest BCUT2D eigenvalue weighted by molar-refractivity contribution is -0.133. The quantitative estimate of drug-likeness (QED) is 0.474. The number of benzene rings is 1. The van der Waals surface area contributed by atoms with E-state index in [2.05, 4.69) is 24.4 Å². The van der Waals surface area contributed by atoms with E-state index in [0.717, 1.165) is 31.7 Å². The standard InChI is InChI=1S/C17H29NO3/c1-4-7-12-21-16-10-8-15(9-11-16)13-18-14-17(19-5-2)20-6-3/h8-11,17-18H,4-7,12-14H2,1-3H3. The van der Waals surface area contributed by atoms with Crippen LogP contribution in [0.2, 0.25) is 0 Å². The van der Waals surface area contributed by atoms with Crippen molar-refractivity contribution < 1.29 is 14.2 Å². The molecule has 0 bridgehead atoms. The average Bonchev–Trinajstić information content (AvgIpc) is 2.49. The molecule has 4 nitrogen and oxygen atoms in total. The number of rotatable bonds is 12. The van der Waals surface area contributed by atoms with Crippen molar-refractivity contribution in [3.63, 3.8) is 0 Å². The summed E-state index contributed by atoms with van der Waals surface area (Å²) in [5, 5.41) is 3.35. The van der Waals surface area contributed by atoms with Crippen molar-refractivity contribution in [1.82, 2.24) is 5.32 Å². The Morgan fingerprint density at radius 1 is 1.00 bits per heavy atom. The first-order valence-corrected chi connectivity index (χ1v) is 7.95. The van der Waals surface area contributed by atoms with Crippen molar-refractivity contribution in [2.75, 3.05) is 26.4 Å². The molecule has 21 heavy (non-hydrogen) atoms. The zero-order chi connectivity index (χ0) is 15.3. The van der Waals surface area contributed by atoms with Crippen LogP contribution in [0, 0.1) is 0 Å². The lowest BCUT2D eigenvalue weighted by atomic mass is 10.2. The van der Waals surface area contributed by atoms with Gasteiger partial charge in [-0.3, -0.25) is 0 Å². The van der Waals surface area contributed by atoms with Crippen LogP contribution in [-0.4, -0.2) is 32.7 Å². The number of unbranched alkanes of at least 4 members (excludes halogenated alkanes) is 1. The molecule has 120 valence electrons. The van der Waals surface area contributed by atoms with Crippen LogP contribution in [0.3, 0.4) is 0 Å². The Morgan fingerprint density at radius 2 is 1.67 bits per heavy atom. The first kappa shape index (κ1) is 18.0. The average molecular weight is 295 g/mol. The van der Waals surface area contributed by atoms with Gasteiger partial charge in [0, 0.05) is 26.3 Å². The Balaban J connectivity index is 2.28. The summed E-state index contributed by atoms with van der Waals surface area (Å²) in [5.41, 5.74) is 1.23. The van der Waals surface area contributed by atoms with Crippen LogP contribution in [0.25, 0.3) is 0 Å². The van der Waals surface area contributed by atoms with Gasteiger partial charge in [-0.1, -0.05) is 25.5 Å². The number of hydrogen-bond donors (Lipinski definition) is 1. The van der Waals surface area contributed by atoms with Crippen LogP contribution < -0.4 is 10.1 Å². The van der Waals surface area contributed by atoms with Crippen molar-refractivity contribution in [2.24, 2.45) is 0 Å². The fraction of sp³-hybridized carbons (Fsp3) is 0.647. The third-order valence-corrected chi connectivity index (χ3v) is 3.04. The van der Waals surface area contributed by atoms with Crippen LogP contribution in [-0.2, 0) is 16.0 Å². The Bertz CT molecular complexity index is 348. The third-order valence-electron chi connectivity index (χ3n) is 3.04. The van der Waals surface area contributed by atoms with E-state index < -0.39 is 0 Å². The summed E-state index contributed by atoms with van der Waals surface area (Å²) in [6.45, 7) is 9.72. The highest BCUT2D eigenvalue weighted by Gasteiger charge is 2.06. The summed E-state index contributed by atoms with van der Waals surface area (Å²) in [5.74, 6) is 0.939. The maximum atomic E-state index is 5.65. The SMILES string of the molecule is CCCCOc1ccc(CNCC(OCC)OCC)cc1. The first-order valence-electron chi connectivity index (χ1n) is 7.95. The van der Waals surface area contributed by atoms with E-state index in [9.17, 15) is 0 Å². The van der Waals surface area contributed by atoms with Crippen molar-refractivity contribution >= 4 is 0 Å². The summed E-state index contributed by atoms with van der Waals surface area (Å²) in [7, 11) is 0. The van der Waals surface area contributed by atoms with Crippen molar-refractivity contribution in [3.05, 3.63) is 29.8 Å². The Hall–Kier alpha value is -1.10. The van der Waals surface area contributed by atoms with Gasteiger partial charge in [-0.05, 0) is 38.0 Å². The molecule has 0 radical (unpaired) electrons. The lowest BCUT2D eigenvalue weighted by Gasteiger charge is -2.17. The lowest BCUT2D eigenvalue weighted by Crippen LogP contribution is -2.31. The van der Waals surface area contributed by atoms with E-state index in [1.54, 1.807) is 0 Å². The topological polar surface area (TPSA) is 39.7 Å². The molecule has 0 fully saturated rings. The molecule has 1 N–H and O–H groups in total. The van der Waals surface area contributed by atoms with Crippen LogP contribution >= 0.6 is 0 Å². The molecule has 0 saturated carbocycles. The molecule has 0 aliphatic rings. The Kier molecular flexibility index (Phi) is 9.87. The molecule has 0 heterocycles.